The smallest absolute Gasteiger partial charge is 0.249 e. The predicted molar refractivity (Wildman–Crippen MR) is 67.3 cm³/mol. The Morgan fingerprint density at radius 1 is 1.19 bits per heavy atom. The van der Waals surface area contributed by atoms with Crippen LogP contribution in [0.3, 0.4) is 0 Å². The van der Waals surface area contributed by atoms with Crippen molar-refractivity contribution in [2.75, 3.05) is 5.84 Å². The Morgan fingerprint density at radius 2 is 2.00 bits per heavy atom. The molecule has 0 unspecified atom stereocenters. The van der Waals surface area contributed by atoms with E-state index in [4.69, 9.17) is 5.84 Å². The highest BCUT2D eigenvalue weighted by atomic mass is 79.9. The maximum Gasteiger partial charge on any atom is 0.268 e. The van der Waals surface area contributed by atoms with Gasteiger partial charge in [0.25, 0.3) is 5.52 Å². The minimum absolute atomic E-state index is 0.926. The van der Waals surface area contributed by atoms with Crippen molar-refractivity contribution in [2.45, 2.75) is 0 Å². The second-order valence-electron chi connectivity index (χ2n) is 3.64. The fraction of sp³-hybridized carbons (Fsp3) is 0. The van der Waals surface area contributed by atoms with Gasteiger partial charge in [0, 0.05) is 11.6 Å². The van der Waals surface area contributed by atoms with Crippen LogP contribution in [0.15, 0.2) is 47.2 Å². The summed E-state index contributed by atoms with van der Waals surface area (Å²) < 4.78 is 2.56. The van der Waals surface area contributed by atoms with Crippen molar-refractivity contribution in [3.05, 3.63) is 47.2 Å². The Morgan fingerprint density at radius 3 is 2.88 bits per heavy atom. The molecule has 0 bridgehead atoms. The van der Waals surface area contributed by atoms with Gasteiger partial charge >= 0.3 is 0 Å². The third kappa shape index (κ3) is 1.34. The van der Waals surface area contributed by atoms with Gasteiger partial charge in [-0.25, -0.2) is 10.8 Å². The molecule has 0 aliphatic carbocycles. The van der Waals surface area contributed by atoms with Crippen molar-refractivity contribution in [1.29, 1.82) is 0 Å². The van der Waals surface area contributed by atoms with Crippen molar-refractivity contribution in [3.8, 4) is 0 Å². The molecule has 0 spiro atoms. The average molecular weight is 275 g/mol. The number of hydrogen-bond donors (Lipinski definition) is 1. The fourth-order valence-corrected chi connectivity index (χ4v) is 2.38. The zero-order valence-corrected chi connectivity index (χ0v) is 9.98. The number of rotatable bonds is 0. The van der Waals surface area contributed by atoms with E-state index in [0.717, 1.165) is 26.3 Å². The second-order valence-corrected chi connectivity index (χ2v) is 4.56. The lowest BCUT2D eigenvalue weighted by Gasteiger charge is -2.00. The highest BCUT2D eigenvalue weighted by Gasteiger charge is 2.12. The first-order valence-electron chi connectivity index (χ1n) is 4.89. The molecule has 2 aromatic heterocycles. The third-order valence-corrected chi connectivity index (χ3v) is 3.03. The molecule has 0 aliphatic rings. The molecular weight excluding hydrogens is 266 g/mol. The van der Waals surface area contributed by atoms with E-state index in [2.05, 4.69) is 27.0 Å². The summed E-state index contributed by atoms with van der Waals surface area (Å²) in [5, 5.41) is 2.17. The average Bonchev–Trinajstić information content (AvgIpc) is 2.28. The lowest BCUT2D eigenvalue weighted by atomic mass is 10.1. The number of pyridine rings is 2. The van der Waals surface area contributed by atoms with Gasteiger partial charge in [0.2, 0.25) is 6.20 Å². The summed E-state index contributed by atoms with van der Waals surface area (Å²) in [7, 11) is 0. The van der Waals surface area contributed by atoms with Crippen molar-refractivity contribution in [2.24, 2.45) is 0 Å². The normalized spacial score (nSPS) is 11.1. The fourth-order valence-electron chi connectivity index (χ4n) is 1.92. The van der Waals surface area contributed by atoms with Crippen molar-refractivity contribution >= 4 is 37.7 Å². The molecule has 2 heterocycles. The summed E-state index contributed by atoms with van der Waals surface area (Å²) in [5.74, 6) is 5.97. The molecule has 0 aliphatic heterocycles. The van der Waals surface area contributed by atoms with Crippen LogP contribution in [0.5, 0.6) is 0 Å². The lowest BCUT2D eigenvalue weighted by Crippen LogP contribution is -2.44. The lowest BCUT2D eigenvalue weighted by molar-refractivity contribution is -0.611. The van der Waals surface area contributed by atoms with Crippen LogP contribution in [0.25, 0.3) is 21.8 Å². The van der Waals surface area contributed by atoms with Crippen LogP contribution in [0.4, 0.5) is 0 Å². The maximum atomic E-state index is 5.97. The molecule has 78 valence electrons. The SMILES string of the molecule is N[n+]1cc(Br)cc2ccc3cccnc3c21. The van der Waals surface area contributed by atoms with E-state index in [0.29, 0.717) is 0 Å². The van der Waals surface area contributed by atoms with Crippen molar-refractivity contribution < 1.29 is 4.68 Å². The van der Waals surface area contributed by atoms with Crippen LogP contribution in [0.2, 0.25) is 0 Å². The summed E-state index contributed by atoms with van der Waals surface area (Å²) in [4.78, 5) is 4.38. The quantitative estimate of drug-likeness (QED) is 0.388. The van der Waals surface area contributed by atoms with Gasteiger partial charge in [-0.2, -0.15) is 0 Å². The number of aromatic nitrogens is 2. The second kappa shape index (κ2) is 3.42. The minimum atomic E-state index is 0.926. The highest BCUT2D eigenvalue weighted by Crippen LogP contribution is 2.22. The van der Waals surface area contributed by atoms with E-state index >= 15 is 0 Å². The number of fused-ring (bicyclic) bond motifs is 3. The monoisotopic (exact) mass is 274 g/mol. The zero-order chi connectivity index (χ0) is 11.1. The van der Waals surface area contributed by atoms with Crippen LogP contribution < -0.4 is 10.5 Å². The van der Waals surface area contributed by atoms with Crippen LogP contribution in [0.1, 0.15) is 0 Å². The molecule has 16 heavy (non-hydrogen) atoms. The first-order valence-corrected chi connectivity index (χ1v) is 5.69. The van der Waals surface area contributed by atoms with Crippen molar-refractivity contribution in [3.63, 3.8) is 0 Å². The van der Waals surface area contributed by atoms with E-state index in [1.807, 2.05) is 30.5 Å². The standard InChI is InChI=1S/C12H9BrN3/c13-10-6-9-4-3-8-2-1-5-15-11(8)12(9)16(14)7-10/h1-7H,14H2/q+1. The van der Waals surface area contributed by atoms with Crippen molar-refractivity contribution in [1.82, 2.24) is 4.98 Å². The van der Waals surface area contributed by atoms with Crippen LogP contribution >= 0.6 is 15.9 Å². The molecule has 0 atom stereocenters. The number of nitrogen functional groups attached to an aromatic ring is 1. The summed E-state index contributed by atoms with van der Waals surface area (Å²) in [6.07, 6.45) is 3.61. The summed E-state index contributed by atoms with van der Waals surface area (Å²) >= 11 is 3.43. The number of nitrogens with two attached hydrogens (primary N) is 1. The molecule has 0 radical (unpaired) electrons. The van der Waals surface area contributed by atoms with Crippen LogP contribution in [0, 0.1) is 0 Å². The van der Waals surface area contributed by atoms with Gasteiger partial charge in [-0.1, -0.05) is 16.8 Å². The molecule has 0 fully saturated rings. The number of benzene rings is 1. The van der Waals surface area contributed by atoms with Crippen LogP contribution in [-0.4, -0.2) is 4.98 Å². The predicted octanol–water partition coefficient (Wildman–Crippen LogP) is 2.15. The molecule has 1 aromatic carbocycles. The largest absolute Gasteiger partial charge is 0.268 e. The van der Waals surface area contributed by atoms with E-state index in [1.54, 1.807) is 10.9 Å². The molecular formula is C12H9BrN3+. The maximum absolute atomic E-state index is 5.97. The van der Waals surface area contributed by atoms with Gasteiger partial charge in [0.05, 0.1) is 9.86 Å². The molecule has 3 nitrogen and oxygen atoms in total. The summed E-state index contributed by atoms with van der Waals surface area (Å²) in [6.45, 7) is 0. The van der Waals surface area contributed by atoms with Gasteiger partial charge < -0.3 is 0 Å². The topological polar surface area (TPSA) is 42.8 Å². The number of halogens is 1. The summed E-state index contributed by atoms with van der Waals surface area (Å²) in [5.41, 5.74) is 1.87. The van der Waals surface area contributed by atoms with Gasteiger partial charge in [0.15, 0.2) is 0 Å². The Labute approximate surface area is 101 Å². The van der Waals surface area contributed by atoms with Gasteiger partial charge in [-0.15, -0.1) is 0 Å². The minimum Gasteiger partial charge on any atom is -0.249 e. The van der Waals surface area contributed by atoms with Gasteiger partial charge in [-0.3, -0.25) is 0 Å². The Hall–Kier alpha value is -1.68. The molecule has 3 aromatic rings. The first kappa shape index (κ1) is 9.54. The molecule has 0 amide bonds. The molecule has 0 saturated heterocycles. The highest BCUT2D eigenvalue weighted by molar-refractivity contribution is 9.10. The molecule has 3 rings (SSSR count). The number of nitrogens with zero attached hydrogens (tertiary/aromatic N) is 2. The summed E-state index contributed by atoms with van der Waals surface area (Å²) in [6, 6.07) is 10.1. The van der Waals surface area contributed by atoms with Crippen LogP contribution in [-0.2, 0) is 0 Å². The molecule has 4 heteroatoms. The Bertz CT molecular complexity index is 694. The first-order chi connectivity index (χ1) is 7.75. The Balaban J connectivity index is 2.60. The number of hydrogen-bond acceptors (Lipinski definition) is 2. The zero-order valence-electron chi connectivity index (χ0n) is 8.39. The third-order valence-electron chi connectivity index (χ3n) is 2.59. The molecule has 2 N–H and O–H groups in total. The van der Waals surface area contributed by atoms with E-state index in [-0.39, 0.29) is 0 Å². The van der Waals surface area contributed by atoms with Gasteiger partial charge in [-0.05, 0) is 34.1 Å². The van der Waals surface area contributed by atoms with E-state index in [9.17, 15) is 0 Å². The van der Waals surface area contributed by atoms with E-state index in [1.165, 1.54) is 0 Å². The van der Waals surface area contributed by atoms with E-state index < -0.39 is 0 Å². The van der Waals surface area contributed by atoms with Gasteiger partial charge in [0.1, 0.15) is 5.52 Å². The molecule has 0 saturated carbocycles. The Kier molecular flexibility index (Phi) is 2.04.